The number of ether oxygens (including phenoxy) is 2. The Kier molecular flexibility index (Phi) is 4.12. The van der Waals surface area contributed by atoms with Crippen LogP contribution in [0.3, 0.4) is 0 Å². The fourth-order valence-corrected chi connectivity index (χ4v) is 2.85. The molecular weight excluding hydrogens is 344 g/mol. The van der Waals surface area contributed by atoms with Crippen molar-refractivity contribution < 1.29 is 23.5 Å². The van der Waals surface area contributed by atoms with E-state index < -0.39 is 5.97 Å². The molecule has 3 aromatic rings. The largest absolute Gasteiger partial charge is 0.462 e. The van der Waals surface area contributed by atoms with Gasteiger partial charge < -0.3 is 13.9 Å². The highest BCUT2D eigenvalue weighted by atomic mass is 16.5. The van der Waals surface area contributed by atoms with Gasteiger partial charge in [-0.2, -0.15) is 0 Å². The third kappa shape index (κ3) is 3.27. The first-order valence-corrected chi connectivity index (χ1v) is 8.44. The van der Waals surface area contributed by atoms with Gasteiger partial charge in [-0.25, -0.2) is 4.79 Å². The Balaban J connectivity index is 1.57. The van der Waals surface area contributed by atoms with Crippen molar-refractivity contribution in [3.05, 3.63) is 88.6 Å². The number of allylic oxidation sites excluding steroid dienone is 1. The van der Waals surface area contributed by atoms with Gasteiger partial charge in [-0.3, -0.25) is 4.79 Å². The van der Waals surface area contributed by atoms with E-state index in [0.29, 0.717) is 28.4 Å². The number of furan rings is 1. The van der Waals surface area contributed by atoms with E-state index in [9.17, 15) is 9.59 Å². The molecule has 0 saturated heterocycles. The lowest BCUT2D eigenvalue weighted by Gasteiger charge is -2.07. The van der Waals surface area contributed by atoms with Crippen LogP contribution >= 0.6 is 0 Å². The summed E-state index contributed by atoms with van der Waals surface area (Å²) < 4.78 is 16.5. The Hall–Kier alpha value is -3.60. The molecule has 0 N–H and O–H groups in total. The van der Waals surface area contributed by atoms with Gasteiger partial charge in [-0.15, -0.1) is 0 Å². The normalized spacial score (nSPS) is 14.1. The predicted molar refractivity (Wildman–Crippen MR) is 99.0 cm³/mol. The summed E-state index contributed by atoms with van der Waals surface area (Å²) >= 11 is 0. The molecule has 0 unspecified atom stereocenters. The van der Waals surface area contributed by atoms with Crippen LogP contribution in [0.2, 0.25) is 0 Å². The number of Topliss-reactive ketones (excluding diaryl/α,β-unsaturated/α-hetero) is 1. The summed E-state index contributed by atoms with van der Waals surface area (Å²) in [5, 5.41) is 0. The minimum Gasteiger partial charge on any atom is -0.462 e. The van der Waals surface area contributed by atoms with Gasteiger partial charge in [0.25, 0.3) is 0 Å². The standard InChI is InChI=1S/C22H16O5/c1-13-5-3-4-6-17(13)22(24)26-16-9-10-18-19(11-16)27-20(21(18)23)12-15-8-7-14(2)25-15/h3-12H,1-2H3. The van der Waals surface area contributed by atoms with Gasteiger partial charge in [0.05, 0.1) is 11.1 Å². The zero-order valence-electron chi connectivity index (χ0n) is 14.8. The average Bonchev–Trinajstić information content (AvgIpc) is 3.19. The summed E-state index contributed by atoms with van der Waals surface area (Å²) in [6.07, 6.45) is 1.55. The van der Waals surface area contributed by atoms with Crippen molar-refractivity contribution in [2.45, 2.75) is 13.8 Å². The topological polar surface area (TPSA) is 65.7 Å². The van der Waals surface area contributed by atoms with Crippen LogP contribution in [0.25, 0.3) is 6.08 Å². The molecule has 0 radical (unpaired) electrons. The lowest BCUT2D eigenvalue weighted by molar-refractivity contribution is 0.0733. The minimum absolute atomic E-state index is 0.168. The van der Waals surface area contributed by atoms with Gasteiger partial charge >= 0.3 is 5.97 Å². The Labute approximate surface area is 155 Å². The number of aryl methyl sites for hydroxylation is 2. The molecule has 5 heteroatoms. The summed E-state index contributed by atoms with van der Waals surface area (Å²) in [4.78, 5) is 24.8. The molecule has 1 aliphatic rings. The molecule has 0 amide bonds. The lowest BCUT2D eigenvalue weighted by atomic mass is 10.1. The SMILES string of the molecule is Cc1ccc(C=C2Oc3cc(OC(=O)c4ccccc4C)ccc3C2=O)o1. The molecule has 0 fully saturated rings. The molecule has 0 atom stereocenters. The lowest BCUT2D eigenvalue weighted by Crippen LogP contribution is -2.10. The first-order chi connectivity index (χ1) is 13.0. The zero-order chi connectivity index (χ0) is 19.0. The van der Waals surface area contributed by atoms with Gasteiger partial charge in [0.2, 0.25) is 5.78 Å². The maximum Gasteiger partial charge on any atom is 0.343 e. The zero-order valence-corrected chi connectivity index (χ0v) is 14.8. The third-order valence-corrected chi connectivity index (χ3v) is 4.25. The molecule has 0 bridgehead atoms. The highest BCUT2D eigenvalue weighted by molar-refractivity contribution is 6.14. The van der Waals surface area contributed by atoms with Crippen LogP contribution in [0.15, 0.2) is 64.8 Å². The van der Waals surface area contributed by atoms with E-state index in [0.717, 1.165) is 11.3 Å². The Bertz CT molecular complexity index is 1090. The molecule has 134 valence electrons. The van der Waals surface area contributed by atoms with E-state index in [2.05, 4.69) is 0 Å². The summed E-state index contributed by atoms with van der Waals surface area (Å²) in [5.74, 6) is 1.41. The van der Waals surface area contributed by atoms with Crippen molar-refractivity contribution in [3.8, 4) is 11.5 Å². The molecule has 2 heterocycles. The molecule has 1 aromatic heterocycles. The Morgan fingerprint density at radius 1 is 1.04 bits per heavy atom. The molecule has 1 aliphatic heterocycles. The van der Waals surface area contributed by atoms with E-state index in [1.807, 2.05) is 32.0 Å². The van der Waals surface area contributed by atoms with Gasteiger partial charge in [-0.05, 0) is 49.7 Å². The number of carbonyl (C=O) groups excluding carboxylic acids is 2. The van der Waals surface area contributed by atoms with Crippen LogP contribution in [-0.2, 0) is 0 Å². The number of benzene rings is 2. The molecule has 4 rings (SSSR count). The van der Waals surface area contributed by atoms with E-state index >= 15 is 0 Å². The van der Waals surface area contributed by atoms with Crippen LogP contribution in [0.5, 0.6) is 11.5 Å². The second-order valence-corrected chi connectivity index (χ2v) is 6.25. The molecule has 0 saturated carbocycles. The molecule has 27 heavy (non-hydrogen) atoms. The van der Waals surface area contributed by atoms with E-state index in [1.54, 1.807) is 36.4 Å². The first kappa shape index (κ1) is 16.8. The summed E-state index contributed by atoms with van der Waals surface area (Å²) in [5.41, 5.74) is 1.73. The number of hydrogen-bond donors (Lipinski definition) is 0. The summed E-state index contributed by atoms with van der Waals surface area (Å²) in [7, 11) is 0. The number of rotatable bonds is 3. The molecule has 0 spiro atoms. The second kappa shape index (κ2) is 6.61. The number of ketones is 1. The first-order valence-electron chi connectivity index (χ1n) is 8.44. The third-order valence-electron chi connectivity index (χ3n) is 4.25. The quantitative estimate of drug-likeness (QED) is 0.384. The molecule has 0 aliphatic carbocycles. The van der Waals surface area contributed by atoms with Gasteiger partial charge in [0, 0.05) is 12.1 Å². The van der Waals surface area contributed by atoms with Gasteiger partial charge in [0.15, 0.2) is 5.76 Å². The van der Waals surface area contributed by atoms with Crippen LogP contribution in [-0.4, -0.2) is 11.8 Å². The predicted octanol–water partition coefficient (Wildman–Crippen LogP) is 4.73. The highest BCUT2D eigenvalue weighted by Gasteiger charge is 2.28. The van der Waals surface area contributed by atoms with Crippen LogP contribution < -0.4 is 9.47 Å². The summed E-state index contributed by atoms with van der Waals surface area (Å²) in [6.45, 7) is 3.66. The average molecular weight is 360 g/mol. The molecule has 2 aromatic carbocycles. The van der Waals surface area contributed by atoms with Crippen LogP contribution in [0.1, 0.15) is 37.8 Å². The van der Waals surface area contributed by atoms with Crippen molar-refractivity contribution in [2.24, 2.45) is 0 Å². The number of esters is 1. The van der Waals surface area contributed by atoms with Crippen molar-refractivity contribution in [3.63, 3.8) is 0 Å². The number of hydrogen-bond acceptors (Lipinski definition) is 5. The van der Waals surface area contributed by atoms with E-state index in [-0.39, 0.29) is 11.5 Å². The van der Waals surface area contributed by atoms with Gasteiger partial charge in [0.1, 0.15) is 23.0 Å². The maximum atomic E-state index is 12.5. The second-order valence-electron chi connectivity index (χ2n) is 6.25. The van der Waals surface area contributed by atoms with Crippen LogP contribution in [0, 0.1) is 13.8 Å². The van der Waals surface area contributed by atoms with Crippen LogP contribution in [0.4, 0.5) is 0 Å². The fourth-order valence-electron chi connectivity index (χ4n) is 2.85. The van der Waals surface area contributed by atoms with E-state index in [1.165, 1.54) is 6.07 Å². The van der Waals surface area contributed by atoms with Crippen molar-refractivity contribution in [1.82, 2.24) is 0 Å². The van der Waals surface area contributed by atoms with Crippen molar-refractivity contribution >= 4 is 17.8 Å². The fraction of sp³-hybridized carbons (Fsp3) is 0.0909. The summed E-state index contributed by atoms with van der Waals surface area (Å²) in [6, 6.07) is 15.5. The maximum absolute atomic E-state index is 12.5. The van der Waals surface area contributed by atoms with Crippen molar-refractivity contribution in [2.75, 3.05) is 0 Å². The number of fused-ring (bicyclic) bond motifs is 1. The molecule has 5 nitrogen and oxygen atoms in total. The molecular formula is C22H16O5. The number of carbonyl (C=O) groups is 2. The highest BCUT2D eigenvalue weighted by Crippen LogP contribution is 2.35. The van der Waals surface area contributed by atoms with Gasteiger partial charge in [-0.1, -0.05) is 18.2 Å². The Morgan fingerprint density at radius 2 is 1.85 bits per heavy atom. The smallest absolute Gasteiger partial charge is 0.343 e. The monoisotopic (exact) mass is 360 g/mol. The van der Waals surface area contributed by atoms with Crippen molar-refractivity contribution in [1.29, 1.82) is 0 Å². The Morgan fingerprint density at radius 3 is 2.59 bits per heavy atom. The van der Waals surface area contributed by atoms with E-state index in [4.69, 9.17) is 13.9 Å². The minimum atomic E-state index is -0.459.